The number of hydrogen-bond acceptors (Lipinski definition) is 0. The highest BCUT2D eigenvalue weighted by Crippen LogP contribution is 2.22. The molecule has 0 saturated carbocycles. The van der Waals surface area contributed by atoms with Crippen LogP contribution in [-0.4, -0.2) is 0 Å². The second-order valence-corrected chi connectivity index (χ2v) is 12.6. The highest BCUT2D eigenvalue weighted by atomic mass is 14.1. The van der Waals surface area contributed by atoms with Crippen molar-refractivity contribution in [1.29, 1.82) is 0 Å². The summed E-state index contributed by atoms with van der Waals surface area (Å²) in [6.07, 6.45) is 40.0. The Morgan fingerprint density at radius 2 is 0.526 bits per heavy atom. The molecule has 38 heavy (non-hydrogen) atoms. The highest BCUT2D eigenvalue weighted by Gasteiger charge is 2.07. The van der Waals surface area contributed by atoms with Crippen LogP contribution >= 0.6 is 0 Å². The van der Waals surface area contributed by atoms with Crippen molar-refractivity contribution in [3.05, 3.63) is 34.4 Å². The van der Waals surface area contributed by atoms with Gasteiger partial charge in [-0.15, -0.1) is 0 Å². The van der Waals surface area contributed by atoms with E-state index < -0.39 is 0 Å². The summed E-state index contributed by atoms with van der Waals surface area (Å²) >= 11 is 0. The standard InChI is InChI=1S/C38H70/c1-5-7-9-11-13-15-17-18-19-20-21-22-24-26-28-30-32-38-34-33-37(35(3)36(38)4)31-29-27-25-23-16-14-12-10-8-6-2/h33-34H,5-32H2,1-4H3. The maximum atomic E-state index is 2.46. The van der Waals surface area contributed by atoms with E-state index in [0.29, 0.717) is 0 Å². The van der Waals surface area contributed by atoms with Gasteiger partial charge in [0.2, 0.25) is 0 Å². The van der Waals surface area contributed by atoms with Gasteiger partial charge in [0.15, 0.2) is 0 Å². The lowest BCUT2D eigenvalue weighted by molar-refractivity contribution is 0.529. The molecule has 222 valence electrons. The molecule has 0 atom stereocenters. The SMILES string of the molecule is CCCCCCCCCCCCCCCCCCc1ccc(CCCCCCCCCCCC)c(C)c1C. The van der Waals surface area contributed by atoms with Gasteiger partial charge in [-0.1, -0.05) is 180 Å². The molecule has 0 radical (unpaired) electrons. The third-order valence-corrected chi connectivity index (χ3v) is 9.11. The van der Waals surface area contributed by atoms with Crippen molar-refractivity contribution >= 4 is 0 Å². The van der Waals surface area contributed by atoms with Crippen LogP contribution in [0.25, 0.3) is 0 Å². The van der Waals surface area contributed by atoms with Crippen LogP contribution in [-0.2, 0) is 12.8 Å². The fraction of sp³-hybridized carbons (Fsp3) is 0.842. The molecular weight excluding hydrogens is 456 g/mol. The van der Waals surface area contributed by atoms with Crippen LogP contribution in [0.15, 0.2) is 12.1 Å². The first-order chi connectivity index (χ1) is 18.7. The number of benzene rings is 1. The molecule has 0 aliphatic carbocycles. The summed E-state index contributed by atoms with van der Waals surface area (Å²) in [4.78, 5) is 0. The van der Waals surface area contributed by atoms with E-state index in [-0.39, 0.29) is 0 Å². The second kappa shape index (κ2) is 26.4. The molecule has 0 nitrogen and oxygen atoms in total. The summed E-state index contributed by atoms with van der Waals surface area (Å²) in [7, 11) is 0. The van der Waals surface area contributed by atoms with Crippen LogP contribution in [0.5, 0.6) is 0 Å². The predicted molar refractivity (Wildman–Crippen MR) is 175 cm³/mol. The fourth-order valence-corrected chi connectivity index (χ4v) is 6.14. The molecule has 0 bridgehead atoms. The van der Waals surface area contributed by atoms with Gasteiger partial charge in [0.1, 0.15) is 0 Å². The monoisotopic (exact) mass is 527 g/mol. The Morgan fingerprint density at radius 1 is 0.316 bits per heavy atom. The quantitative estimate of drug-likeness (QED) is 0.0952. The van der Waals surface area contributed by atoms with E-state index in [9.17, 15) is 0 Å². The zero-order valence-electron chi connectivity index (χ0n) is 27.0. The minimum absolute atomic E-state index is 1.28. The van der Waals surface area contributed by atoms with Crippen LogP contribution in [0.1, 0.15) is 203 Å². The van der Waals surface area contributed by atoms with Crippen molar-refractivity contribution in [2.75, 3.05) is 0 Å². The Hall–Kier alpha value is -0.780. The molecular formula is C38H70. The van der Waals surface area contributed by atoms with Crippen molar-refractivity contribution < 1.29 is 0 Å². The maximum absolute atomic E-state index is 2.46. The molecule has 0 fully saturated rings. The summed E-state index contributed by atoms with van der Waals surface area (Å²) in [5.41, 5.74) is 6.38. The zero-order chi connectivity index (χ0) is 27.5. The van der Waals surface area contributed by atoms with Gasteiger partial charge in [0.25, 0.3) is 0 Å². The van der Waals surface area contributed by atoms with Crippen LogP contribution in [0.2, 0.25) is 0 Å². The average molecular weight is 527 g/mol. The lowest BCUT2D eigenvalue weighted by Gasteiger charge is -2.14. The molecule has 0 saturated heterocycles. The van der Waals surface area contributed by atoms with E-state index in [4.69, 9.17) is 0 Å². The first kappa shape index (κ1) is 35.2. The smallest absolute Gasteiger partial charge is 0.0276 e. The van der Waals surface area contributed by atoms with E-state index in [0.717, 1.165) is 0 Å². The molecule has 1 aromatic carbocycles. The lowest BCUT2D eigenvalue weighted by Crippen LogP contribution is -1.98. The minimum Gasteiger partial charge on any atom is -0.0654 e. The first-order valence-electron chi connectivity index (χ1n) is 17.8. The third kappa shape index (κ3) is 19.3. The maximum Gasteiger partial charge on any atom is -0.0276 e. The van der Waals surface area contributed by atoms with Gasteiger partial charge in [0.05, 0.1) is 0 Å². The summed E-state index contributed by atoms with van der Waals surface area (Å²) in [5, 5.41) is 0. The number of aryl methyl sites for hydroxylation is 2. The van der Waals surface area contributed by atoms with Crippen LogP contribution in [0, 0.1) is 13.8 Å². The second-order valence-electron chi connectivity index (χ2n) is 12.6. The largest absolute Gasteiger partial charge is 0.0654 e. The van der Waals surface area contributed by atoms with Crippen molar-refractivity contribution in [1.82, 2.24) is 0 Å². The van der Waals surface area contributed by atoms with E-state index in [1.807, 2.05) is 0 Å². The molecule has 0 heterocycles. The molecule has 1 aromatic rings. The van der Waals surface area contributed by atoms with Gasteiger partial charge < -0.3 is 0 Å². The Kier molecular flexibility index (Phi) is 24.5. The topological polar surface area (TPSA) is 0 Å². The summed E-state index contributed by atoms with van der Waals surface area (Å²) in [6, 6.07) is 4.91. The molecule has 1 rings (SSSR count). The zero-order valence-corrected chi connectivity index (χ0v) is 27.0. The summed E-state index contributed by atoms with van der Waals surface area (Å²) < 4.78 is 0. The first-order valence-corrected chi connectivity index (χ1v) is 17.8. The lowest BCUT2D eigenvalue weighted by atomic mass is 9.92. The van der Waals surface area contributed by atoms with Crippen molar-refractivity contribution in [2.45, 2.75) is 207 Å². The van der Waals surface area contributed by atoms with Gasteiger partial charge in [-0.05, 0) is 61.8 Å². The van der Waals surface area contributed by atoms with E-state index >= 15 is 0 Å². The average Bonchev–Trinajstić information content (AvgIpc) is 2.92. The van der Waals surface area contributed by atoms with Gasteiger partial charge in [-0.25, -0.2) is 0 Å². The molecule has 0 amide bonds. The molecule has 0 aromatic heterocycles. The Balaban J connectivity index is 1.99. The number of rotatable bonds is 28. The Labute approximate surface area is 241 Å². The number of hydrogen-bond donors (Lipinski definition) is 0. The van der Waals surface area contributed by atoms with Crippen molar-refractivity contribution in [2.24, 2.45) is 0 Å². The highest BCUT2D eigenvalue weighted by molar-refractivity contribution is 5.39. The van der Waals surface area contributed by atoms with Gasteiger partial charge in [-0.3, -0.25) is 0 Å². The Bertz CT molecular complexity index is 627. The molecule has 0 heteroatoms. The van der Waals surface area contributed by atoms with Crippen LogP contribution in [0.3, 0.4) is 0 Å². The van der Waals surface area contributed by atoms with Gasteiger partial charge in [0, 0.05) is 0 Å². The van der Waals surface area contributed by atoms with E-state index in [1.165, 1.54) is 180 Å². The summed E-state index contributed by atoms with van der Waals surface area (Å²) in [6.45, 7) is 9.36. The van der Waals surface area contributed by atoms with Gasteiger partial charge >= 0.3 is 0 Å². The fourth-order valence-electron chi connectivity index (χ4n) is 6.14. The number of unbranched alkanes of at least 4 members (excludes halogenated alkanes) is 24. The predicted octanol–water partition coefficient (Wildman–Crippen LogP) is 13.6. The molecule has 0 N–H and O–H groups in total. The van der Waals surface area contributed by atoms with E-state index in [2.05, 4.69) is 39.8 Å². The molecule has 0 aliphatic rings. The molecule has 0 aliphatic heterocycles. The summed E-state index contributed by atoms with van der Waals surface area (Å²) in [5.74, 6) is 0. The normalized spacial score (nSPS) is 11.5. The third-order valence-electron chi connectivity index (χ3n) is 9.11. The van der Waals surface area contributed by atoms with E-state index in [1.54, 1.807) is 22.3 Å². The van der Waals surface area contributed by atoms with Crippen LogP contribution < -0.4 is 0 Å². The van der Waals surface area contributed by atoms with Crippen LogP contribution in [0.4, 0.5) is 0 Å². The van der Waals surface area contributed by atoms with Gasteiger partial charge in [-0.2, -0.15) is 0 Å². The molecule has 0 spiro atoms. The Morgan fingerprint density at radius 3 is 0.763 bits per heavy atom. The molecule has 0 unspecified atom stereocenters. The van der Waals surface area contributed by atoms with Crippen molar-refractivity contribution in [3.63, 3.8) is 0 Å². The van der Waals surface area contributed by atoms with Crippen molar-refractivity contribution in [3.8, 4) is 0 Å². The minimum atomic E-state index is 1.28.